The first-order chi connectivity index (χ1) is 21.4. The highest BCUT2D eigenvalue weighted by Gasteiger charge is 2.51. The number of unbranched alkanes of at least 4 members (excludes halogenated alkanes) is 13. The quantitative estimate of drug-likeness (QED) is 0.0681. The highest BCUT2D eigenvalue weighted by Crippen LogP contribution is 2.40. The van der Waals surface area contributed by atoms with Crippen molar-refractivity contribution in [3.63, 3.8) is 0 Å². The number of halogens is 1. The van der Waals surface area contributed by atoms with Crippen LogP contribution in [0.4, 0.5) is 10.2 Å². The SMILES string of the molecule is C#C[C@]1(CO)O[C@@H](n2cnc3c(NC(=O)CCCC)nc(F)nc32)C[C@@H]1OC(=O)CCCCCCCCCCCCCCC. The van der Waals surface area contributed by atoms with Crippen molar-refractivity contribution in [2.24, 2.45) is 0 Å². The second kappa shape index (κ2) is 18.6. The summed E-state index contributed by atoms with van der Waals surface area (Å²) < 4.78 is 27.6. The van der Waals surface area contributed by atoms with Gasteiger partial charge in [-0.05, 0) is 12.8 Å². The van der Waals surface area contributed by atoms with Crippen LogP contribution in [0.2, 0.25) is 0 Å². The number of hydrogen-bond donors (Lipinski definition) is 2. The number of rotatable bonds is 21. The molecule has 0 aliphatic carbocycles. The minimum Gasteiger partial charge on any atom is -0.458 e. The van der Waals surface area contributed by atoms with E-state index in [0.717, 1.165) is 19.3 Å². The summed E-state index contributed by atoms with van der Waals surface area (Å²) in [5.41, 5.74) is -1.32. The number of nitrogens with zero attached hydrogens (tertiary/aromatic N) is 4. The molecule has 1 amide bonds. The maximum absolute atomic E-state index is 14.4. The second-order valence-electron chi connectivity index (χ2n) is 11.8. The lowest BCUT2D eigenvalue weighted by molar-refractivity contribution is -0.158. The Labute approximate surface area is 260 Å². The molecule has 0 aromatic carbocycles. The Morgan fingerprint density at radius 1 is 1.02 bits per heavy atom. The summed E-state index contributed by atoms with van der Waals surface area (Å²) in [5, 5.41) is 12.8. The van der Waals surface area contributed by atoms with E-state index >= 15 is 0 Å². The molecule has 0 unspecified atom stereocenters. The minimum atomic E-state index is -1.57. The standard InChI is InChI=1S/C33H50FN5O5/c1-4-7-9-10-11-12-13-14-15-16-17-18-19-21-28(42)43-25-22-27(44-33(25,6-3)23-40)39-24-35-29-30(36-26(41)20-8-5-2)37-32(34)38-31(29)39/h3,24-25,27,40H,4-5,7-23H2,1-2H3,(H,36,37,38,41)/t25-,27+,33+/m0/s1. The van der Waals surface area contributed by atoms with Gasteiger partial charge in [0, 0.05) is 19.3 Å². The molecule has 1 fully saturated rings. The lowest BCUT2D eigenvalue weighted by Crippen LogP contribution is -2.44. The maximum Gasteiger partial charge on any atom is 0.312 e. The smallest absolute Gasteiger partial charge is 0.312 e. The van der Waals surface area contributed by atoms with E-state index in [2.05, 4.69) is 33.1 Å². The summed E-state index contributed by atoms with van der Waals surface area (Å²) in [7, 11) is 0. The number of fused-ring (bicyclic) bond motifs is 1. The summed E-state index contributed by atoms with van der Waals surface area (Å²) in [5.74, 6) is 1.70. The van der Waals surface area contributed by atoms with Gasteiger partial charge in [0.2, 0.25) is 5.91 Å². The van der Waals surface area contributed by atoms with E-state index < -0.39 is 36.6 Å². The first kappa shape index (κ1) is 35.4. The summed E-state index contributed by atoms with van der Waals surface area (Å²) in [4.78, 5) is 36.8. The molecule has 2 aromatic rings. The van der Waals surface area contributed by atoms with Crippen LogP contribution in [0, 0.1) is 18.4 Å². The lowest BCUT2D eigenvalue weighted by Gasteiger charge is -2.26. The number of nitrogens with one attached hydrogen (secondary N) is 1. The number of aromatic nitrogens is 4. The van der Waals surface area contributed by atoms with Crippen LogP contribution in [-0.2, 0) is 19.1 Å². The lowest BCUT2D eigenvalue weighted by atomic mass is 9.98. The second-order valence-corrected chi connectivity index (χ2v) is 11.8. The summed E-state index contributed by atoms with van der Waals surface area (Å²) in [6.45, 7) is 3.63. The van der Waals surface area contributed by atoms with Gasteiger partial charge in [0.1, 0.15) is 12.3 Å². The molecule has 11 heteroatoms. The predicted molar refractivity (Wildman–Crippen MR) is 167 cm³/mol. The van der Waals surface area contributed by atoms with Gasteiger partial charge in [-0.25, -0.2) is 4.98 Å². The minimum absolute atomic E-state index is 0.0449. The van der Waals surface area contributed by atoms with Crippen molar-refractivity contribution in [1.82, 2.24) is 19.5 Å². The van der Waals surface area contributed by atoms with E-state index in [0.29, 0.717) is 12.8 Å². The number of carbonyl (C=O) groups excluding carboxylic acids is 2. The molecule has 3 heterocycles. The molecule has 1 aliphatic rings. The molecular weight excluding hydrogens is 565 g/mol. The van der Waals surface area contributed by atoms with Crippen molar-refractivity contribution in [2.45, 2.75) is 147 Å². The van der Waals surface area contributed by atoms with Crippen molar-refractivity contribution in [1.29, 1.82) is 0 Å². The van der Waals surface area contributed by atoms with Crippen LogP contribution >= 0.6 is 0 Å². The first-order valence-corrected chi connectivity index (χ1v) is 16.5. The Morgan fingerprint density at radius 3 is 2.23 bits per heavy atom. The molecule has 1 saturated heterocycles. The van der Waals surface area contributed by atoms with Crippen LogP contribution in [0.3, 0.4) is 0 Å². The molecule has 10 nitrogen and oxygen atoms in total. The van der Waals surface area contributed by atoms with Gasteiger partial charge in [-0.2, -0.15) is 14.4 Å². The van der Waals surface area contributed by atoms with E-state index in [1.54, 1.807) is 0 Å². The van der Waals surface area contributed by atoms with Crippen LogP contribution in [0.15, 0.2) is 6.33 Å². The number of anilines is 1. The number of ether oxygens (including phenoxy) is 2. The average Bonchev–Trinajstić information content (AvgIpc) is 3.60. The number of hydrogen-bond acceptors (Lipinski definition) is 8. The Bertz CT molecular complexity index is 1230. The molecule has 0 saturated carbocycles. The zero-order chi connectivity index (χ0) is 31.8. The van der Waals surface area contributed by atoms with Gasteiger partial charge in [0.25, 0.3) is 0 Å². The molecule has 1 aliphatic heterocycles. The zero-order valence-electron chi connectivity index (χ0n) is 26.5. The number of carbonyl (C=O) groups is 2. The third-order valence-electron chi connectivity index (χ3n) is 8.24. The van der Waals surface area contributed by atoms with Crippen LogP contribution in [0.1, 0.15) is 136 Å². The Hall–Kier alpha value is -3.10. The number of aliphatic hydroxyl groups excluding tert-OH is 1. The molecule has 0 spiro atoms. The van der Waals surface area contributed by atoms with Crippen molar-refractivity contribution < 1.29 is 28.6 Å². The van der Waals surface area contributed by atoms with Crippen LogP contribution in [0.5, 0.6) is 0 Å². The number of amides is 1. The van der Waals surface area contributed by atoms with Crippen molar-refractivity contribution in [3.8, 4) is 12.3 Å². The molecule has 3 atom stereocenters. The van der Waals surface area contributed by atoms with E-state index in [-0.39, 0.29) is 42.2 Å². The van der Waals surface area contributed by atoms with Crippen LogP contribution in [0.25, 0.3) is 11.2 Å². The van der Waals surface area contributed by atoms with Gasteiger partial charge in [-0.15, -0.1) is 6.42 Å². The molecule has 2 aromatic heterocycles. The van der Waals surface area contributed by atoms with Gasteiger partial charge in [0.05, 0.1) is 12.9 Å². The van der Waals surface area contributed by atoms with E-state index in [9.17, 15) is 19.1 Å². The van der Waals surface area contributed by atoms with Gasteiger partial charge in [-0.3, -0.25) is 14.2 Å². The largest absolute Gasteiger partial charge is 0.458 e. The molecule has 2 N–H and O–H groups in total. The Kier molecular flexibility index (Phi) is 15.0. The normalized spacial score (nSPS) is 19.7. The maximum atomic E-state index is 14.4. The average molecular weight is 616 g/mol. The van der Waals surface area contributed by atoms with Crippen molar-refractivity contribution in [2.75, 3.05) is 11.9 Å². The zero-order valence-corrected chi connectivity index (χ0v) is 26.5. The molecule has 3 rings (SSSR count). The van der Waals surface area contributed by atoms with Gasteiger partial charge >= 0.3 is 12.0 Å². The third-order valence-corrected chi connectivity index (χ3v) is 8.24. The van der Waals surface area contributed by atoms with E-state index in [4.69, 9.17) is 15.9 Å². The number of imidazole rings is 1. The number of esters is 1. The fraction of sp³-hybridized carbons (Fsp3) is 0.727. The monoisotopic (exact) mass is 615 g/mol. The summed E-state index contributed by atoms with van der Waals surface area (Å²) >= 11 is 0. The van der Waals surface area contributed by atoms with Crippen LogP contribution < -0.4 is 5.32 Å². The summed E-state index contributed by atoms with van der Waals surface area (Å²) in [6, 6.07) is 0. The topological polar surface area (TPSA) is 128 Å². The fourth-order valence-corrected chi connectivity index (χ4v) is 5.59. The number of aliphatic hydroxyl groups is 1. The third kappa shape index (κ3) is 10.2. The van der Waals surface area contributed by atoms with Crippen molar-refractivity contribution >= 4 is 28.9 Å². The Morgan fingerprint density at radius 2 is 1.64 bits per heavy atom. The molecule has 44 heavy (non-hydrogen) atoms. The van der Waals surface area contributed by atoms with Gasteiger partial charge in [-0.1, -0.05) is 103 Å². The molecular formula is C33H50FN5O5. The van der Waals surface area contributed by atoms with Gasteiger partial charge in [0.15, 0.2) is 22.6 Å². The van der Waals surface area contributed by atoms with Gasteiger partial charge < -0.3 is 19.9 Å². The van der Waals surface area contributed by atoms with E-state index in [1.807, 2.05) is 6.92 Å². The first-order valence-electron chi connectivity index (χ1n) is 16.5. The van der Waals surface area contributed by atoms with Crippen LogP contribution in [-0.4, -0.2) is 54.8 Å². The highest BCUT2D eigenvalue weighted by molar-refractivity contribution is 5.96. The highest BCUT2D eigenvalue weighted by atomic mass is 19.1. The predicted octanol–water partition coefficient (Wildman–Crippen LogP) is 6.77. The van der Waals surface area contributed by atoms with E-state index in [1.165, 1.54) is 75.1 Å². The molecule has 0 bridgehead atoms. The molecule has 244 valence electrons. The van der Waals surface area contributed by atoms with Crippen molar-refractivity contribution in [3.05, 3.63) is 12.4 Å². The fourth-order valence-electron chi connectivity index (χ4n) is 5.59. The molecule has 0 radical (unpaired) electrons. The summed E-state index contributed by atoms with van der Waals surface area (Å²) in [6.07, 6.45) is 22.2. The Balaban J connectivity index is 1.49. The number of terminal acetylenes is 1.